The Balaban J connectivity index is 1.07. The first-order chi connectivity index (χ1) is 25.5. The molecule has 1 aliphatic rings. The number of hydrogen-bond acceptors (Lipinski definition) is 2. The van der Waals surface area contributed by atoms with Gasteiger partial charge in [0.15, 0.2) is 0 Å². The Labute approximate surface area is 306 Å². The van der Waals surface area contributed by atoms with Crippen molar-refractivity contribution in [2.45, 2.75) is 19.3 Å². The summed E-state index contributed by atoms with van der Waals surface area (Å²) in [6.45, 7) is 4.67. The first-order valence-corrected chi connectivity index (χ1v) is 17.9. The number of aromatic nitrogens is 1. The van der Waals surface area contributed by atoms with E-state index in [2.05, 4.69) is 206 Å². The summed E-state index contributed by atoms with van der Waals surface area (Å²) in [4.78, 5) is 6.80. The van der Waals surface area contributed by atoms with E-state index in [0.717, 1.165) is 17.1 Å². The molecule has 248 valence electrons. The average molecular weight is 667 g/mol. The fraction of sp³-hybridized carbons (Fsp3) is 0.0600. The molecule has 0 saturated heterocycles. The van der Waals surface area contributed by atoms with Crippen LogP contribution in [0.15, 0.2) is 194 Å². The maximum absolute atomic E-state index is 4.46. The molecule has 0 fully saturated rings. The zero-order chi connectivity index (χ0) is 35.1. The molecule has 1 aliphatic carbocycles. The molecule has 1 aromatic heterocycles. The maximum atomic E-state index is 4.46. The van der Waals surface area contributed by atoms with Gasteiger partial charge in [-0.1, -0.05) is 147 Å². The van der Waals surface area contributed by atoms with Crippen LogP contribution in [0.4, 0.5) is 17.1 Å². The van der Waals surface area contributed by atoms with Crippen LogP contribution in [0.25, 0.3) is 55.6 Å². The van der Waals surface area contributed by atoms with E-state index in [9.17, 15) is 0 Å². The van der Waals surface area contributed by atoms with Gasteiger partial charge in [0.2, 0.25) is 0 Å². The van der Waals surface area contributed by atoms with E-state index in [1.807, 2.05) is 12.4 Å². The van der Waals surface area contributed by atoms with Gasteiger partial charge in [-0.3, -0.25) is 4.98 Å². The molecule has 0 unspecified atom stereocenters. The second-order valence-electron chi connectivity index (χ2n) is 14.1. The van der Waals surface area contributed by atoms with Gasteiger partial charge in [-0.25, -0.2) is 0 Å². The van der Waals surface area contributed by atoms with Crippen LogP contribution in [0.3, 0.4) is 0 Å². The number of hydrogen-bond donors (Lipinski definition) is 0. The fourth-order valence-corrected chi connectivity index (χ4v) is 7.96. The molecule has 0 radical (unpaired) electrons. The van der Waals surface area contributed by atoms with Crippen LogP contribution in [-0.2, 0) is 5.41 Å². The minimum absolute atomic E-state index is 0.107. The second kappa shape index (κ2) is 13.0. The number of rotatable bonds is 7. The standard InChI is InChI=1S/C50H38N2/c1-50(2)48-31-32-51-34-47(48)46-18-10-17-45(49(46)50)41-16-9-15-40(33-41)39-23-29-44(30-24-39)52(42-25-19-37(20-26-42)35-11-5-3-6-12-35)43-27-21-38(22-28-43)36-13-7-4-8-14-36/h3-34H,1-2H3. The highest BCUT2D eigenvalue weighted by molar-refractivity contribution is 5.89. The number of pyridine rings is 1. The maximum Gasteiger partial charge on any atom is 0.0462 e. The number of nitrogens with zero attached hydrogens (tertiary/aromatic N) is 2. The Bertz CT molecular complexity index is 2410. The molecular formula is C50H38N2. The van der Waals surface area contributed by atoms with Gasteiger partial charge < -0.3 is 4.90 Å². The first-order valence-electron chi connectivity index (χ1n) is 17.9. The topological polar surface area (TPSA) is 16.1 Å². The van der Waals surface area contributed by atoms with Crippen molar-refractivity contribution in [3.63, 3.8) is 0 Å². The molecule has 9 rings (SSSR count). The van der Waals surface area contributed by atoms with E-state index in [0.29, 0.717) is 0 Å². The Morgan fingerprint density at radius 3 is 1.38 bits per heavy atom. The molecule has 2 heteroatoms. The van der Waals surface area contributed by atoms with Crippen LogP contribution >= 0.6 is 0 Å². The van der Waals surface area contributed by atoms with Gasteiger partial charge in [0, 0.05) is 40.4 Å². The molecular weight excluding hydrogens is 629 g/mol. The van der Waals surface area contributed by atoms with Crippen molar-refractivity contribution in [3.05, 3.63) is 206 Å². The average Bonchev–Trinajstić information content (AvgIpc) is 3.45. The van der Waals surface area contributed by atoms with Gasteiger partial charge in [-0.15, -0.1) is 0 Å². The van der Waals surface area contributed by atoms with Gasteiger partial charge in [-0.05, 0) is 110 Å². The Hall–Kier alpha value is -6.51. The van der Waals surface area contributed by atoms with E-state index in [4.69, 9.17) is 0 Å². The number of fused-ring (bicyclic) bond motifs is 3. The third kappa shape index (κ3) is 5.59. The summed E-state index contributed by atoms with van der Waals surface area (Å²) in [7, 11) is 0. The molecule has 0 spiro atoms. The molecule has 0 amide bonds. The zero-order valence-corrected chi connectivity index (χ0v) is 29.4. The van der Waals surface area contributed by atoms with Crippen molar-refractivity contribution in [1.82, 2.24) is 4.98 Å². The van der Waals surface area contributed by atoms with E-state index in [1.54, 1.807) is 0 Å². The molecule has 2 nitrogen and oxygen atoms in total. The van der Waals surface area contributed by atoms with E-state index in [-0.39, 0.29) is 5.41 Å². The lowest BCUT2D eigenvalue weighted by atomic mass is 9.79. The fourth-order valence-electron chi connectivity index (χ4n) is 7.96. The van der Waals surface area contributed by atoms with Crippen molar-refractivity contribution in [1.29, 1.82) is 0 Å². The molecule has 0 atom stereocenters. The van der Waals surface area contributed by atoms with Gasteiger partial charge in [0.05, 0.1) is 0 Å². The molecule has 0 saturated carbocycles. The summed E-state index contributed by atoms with van der Waals surface area (Å²) in [6.07, 6.45) is 3.93. The Morgan fingerprint density at radius 1 is 0.385 bits per heavy atom. The summed E-state index contributed by atoms with van der Waals surface area (Å²) in [6, 6.07) is 65.7. The first kappa shape index (κ1) is 31.5. The van der Waals surface area contributed by atoms with Crippen LogP contribution in [0, 0.1) is 0 Å². The van der Waals surface area contributed by atoms with Crippen molar-refractivity contribution < 1.29 is 0 Å². The molecule has 52 heavy (non-hydrogen) atoms. The quantitative estimate of drug-likeness (QED) is 0.168. The molecule has 0 bridgehead atoms. The lowest BCUT2D eigenvalue weighted by molar-refractivity contribution is 0.661. The van der Waals surface area contributed by atoms with Crippen molar-refractivity contribution >= 4 is 17.1 Å². The molecule has 7 aromatic carbocycles. The predicted molar refractivity (Wildman–Crippen MR) is 218 cm³/mol. The third-order valence-electron chi connectivity index (χ3n) is 10.6. The SMILES string of the molecule is CC1(C)c2ccncc2-c2cccc(-c3cccc(-c4ccc(N(c5ccc(-c6ccccc6)cc5)c5ccc(-c6ccccc6)cc5)cc4)c3)c21. The smallest absolute Gasteiger partial charge is 0.0462 e. The van der Waals surface area contributed by atoms with E-state index in [1.165, 1.54) is 66.8 Å². The normalized spacial score (nSPS) is 12.6. The van der Waals surface area contributed by atoms with Crippen molar-refractivity contribution in [2.75, 3.05) is 4.90 Å². The number of benzene rings is 7. The van der Waals surface area contributed by atoms with Crippen LogP contribution in [0.1, 0.15) is 25.0 Å². The van der Waals surface area contributed by atoms with Crippen LogP contribution < -0.4 is 4.90 Å². The minimum Gasteiger partial charge on any atom is -0.311 e. The van der Waals surface area contributed by atoms with Gasteiger partial charge in [-0.2, -0.15) is 0 Å². The van der Waals surface area contributed by atoms with Crippen LogP contribution in [0.2, 0.25) is 0 Å². The largest absolute Gasteiger partial charge is 0.311 e. The summed E-state index contributed by atoms with van der Waals surface area (Å²) in [5, 5.41) is 0. The summed E-state index contributed by atoms with van der Waals surface area (Å²) >= 11 is 0. The Morgan fingerprint density at radius 2 is 0.827 bits per heavy atom. The number of anilines is 3. The lowest BCUT2D eigenvalue weighted by Gasteiger charge is -2.26. The highest BCUT2D eigenvalue weighted by Crippen LogP contribution is 2.52. The van der Waals surface area contributed by atoms with Gasteiger partial charge in [0.1, 0.15) is 0 Å². The van der Waals surface area contributed by atoms with Gasteiger partial charge in [0.25, 0.3) is 0 Å². The molecule has 0 N–H and O–H groups in total. The molecule has 8 aromatic rings. The monoisotopic (exact) mass is 666 g/mol. The molecule has 0 aliphatic heterocycles. The highest BCUT2D eigenvalue weighted by Gasteiger charge is 2.37. The third-order valence-corrected chi connectivity index (χ3v) is 10.6. The van der Waals surface area contributed by atoms with Gasteiger partial charge >= 0.3 is 0 Å². The van der Waals surface area contributed by atoms with Crippen molar-refractivity contribution in [3.8, 4) is 55.6 Å². The summed E-state index contributed by atoms with van der Waals surface area (Å²) in [5.74, 6) is 0. The van der Waals surface area contributed by atoms with Crippen molar-refractivity contribution in [2.24, 2.45) is 0 Å². The predicted octanol–water partition coefficient (Wildman–Crippen LogP) is 13.5. The highest BCUT2D eigenvalue weighted by atomic mass is 15.1. The minimum atomic E-state index is -0.107. The lowest BCUT2D eigenvalue weighted by Crippen LogP contribution is -2.16. The van der Waals surface area contributed by atoms with E-state index >= 15 is 0 Å². The van der Waals surface area contributed by atoms with E-state index < -0.39 is 0 Å². The summed E-state index contributed by atoms with van der Waals surface area (Å²) in [5.41, 5.74) is 18.2. The zero-order valence-electron chi connectivity index (χ0n) is 29.4. The van der Waals surface area contributed by atoms with Crippen LogP contribution in [0.5, 0.6) is 0 Å². The Kier molecular flexibility index (Phi) is 7.86. The summed E-state index contributed by atoms with van der Waals surface area (Å²) < 4.78 is 0. The van der Waals surface area contributed by atoms with Crippen LogP contribution in [-0.4, -0.2) is 4.98 Å². The molecule has 1 heterocycles. The second-order valence-corrected chi connectivity index (χ2v) is 14.1.